The van der Waals surface area contributed by atoms with Crippen LogP contribution in [-0.4, -0.2) is 24.6 Å². The first-order valence-corrected chi connectivity index (χ1v) is 8.83. The molecule has 22 heavy (non-hydrogen) atoms. The highest BCUT2D eigenvalue weighted by Crippen LogP contribution is 2.25. The van der Waals surface area contributed by atoms with Crippen LogP contribution in [0.25, 0.3) is 10.3 Å². The van der Waals surface area contributed by atoms with Gasteiger partial charge in [-0.3, -0.25) is 0 Å². The number of pyridine rings is 1. The van der Waals surface area contributed by atoms with Gasteiger partial charge in [-0.05, 0) is 30.3 Å². The van der Waals surface area contributed by atoms with Gasteiger partial charge < -0.3 is 11.1 Å². The normalized spacial score (nSPS) is 11.7. The van der Waals surface area contributed by atoms with E-state index in [4.69, 9.17) is 5.73 Å². The Morgan fingerprint density at radius 2 is 2.00 bits per heavy atom. The van der Waals surface area contributed by atoms with Crippen LogP contribution in [0.15, 0.2) is 35.2 Å². The second-order valence-corrected chi connectivity index (χ2v) is 7.61. The largest absolute Gasteiger partial charge is 0.375 e. The summed E-state index contributed by atoms with van der Waals surface area (Å²) >= 11 is 1.25. The minimum atomic E-state index is -3.59. The van der Waals surface area contributed by atoms with Crippen molar-refractivity contribution in [2.24, 2.45) is 0 Å². The van der Waals surface area contributed by atoms with E-state index in [9.17, 15) is 12.8 Å². The number of hydrogen-bond donors (Lipinski definition) is 2. The van der Waals surface area contributed by atoms with E-state index in [1.807, 2.05) is 0 Å². The Morgan fingerprint density at radius 3 is 2.68 bits per heavy atom. The Balaban J connectivity index is 1.93. The molecule has 6 nitrogen and oxygen atoms in total. The molecule has 3 rings (SSSR count). The number of benzene rings is 1. The molecule has 3 N–H and O–H groups in total. The maximum absolute atomic E-state index is 13.8. The van der Waals surface area contributed by atoms with Crippen molar-refractivity contribution in [1.29, 1.82) is 0 Å². The summed E-state index contributed by atoms with van der Waals surface area (Å²) in [6.45, 7) is 0. The van der Waals surface area contributed by atoms with Gasteiger partial charge in [0, 0.05) is 11.9 Å². The fourth-order valence-electron chi connectivity index (χ4n) is 1.93. The Morgan fingerprint density at radius 1 is 1.23 bits per heavy atom. The molecule has 2 aromatic heterocycles. The number of anilines is 3. The van der Waals surface area contributed by atoms with Crippen molar-refractivity contribution in [1.82, 2.24) is 9.97 Å². The van der Waals surface area contributed by atoms with Gasteiger partial charge in [-0.2, -0.15) is 0 Å². The molecular weight excluding hydrogens is 327 g/mol. The van der Waals surface area contributed by atoms with Crippen molar-refractivity contribution in [2.45, 2.75) is 4.90 Å². The summed E-state index contributed by atoms with van der Waals surface area (Å²) < 4.78 is 36.6. The Hall–Kier alpha value is -2.26. The maximum Gasteiger partial charge on any atom is 0.182 e. The lowest BCUT2D eigenvalue weighted by Gasteiger charge is -2.07. The molecule has 114 valence electrons. The van der Waals surface area contributed by atoms with Crippen molar-refractivity contribution in [3.05, 3.63) is 36.1 Å². The number of hydrogen-bond acceptors (Lipinski definition) is 7. The van der Waals surface area contributed by atoms with Crippen LogP contribution in [0, 0.1) is 5.82 Å². The number of nitrogens with two attached hydrogens (primary N) is 1. The monoisotopic (exact) mass is 338 g/mol. The van der Waals surface area contributed by atoms with Gasteiger partial charge >= 0.3 is 0 Å². The van der Waals surface area contributed by atoms with Gasteiger partial charge in [0.05, 0.1) is 0 Å². The van der Waals surface area contributed by atoms with E-state index in [0.717, 1.165) is 12.3 Å². The van der Waals surface area contributed by atoms with Gasteiger partial charge in [0.2, 0.25) is 0 Å². The van der Waals surface area contributed by atoms with E-state index >= 15 is 0 Å². The lowest BCUT2D eigenvalue weighted by molar-refractivity contribution is 0.571. The van der Waals surface area contributed by atoms with Crippen LogP contribution >= 0.6 is 11.3 Å². The SMILES string of the molecule is CS(=O)(=O)c1ccc(Nc2ccc3nc(N)sc3n2)cc1F. The number of nitrogen functional groups attached to an aromatic ring is 1. The molecule has 1 aromatic carbocycles. The van der Waals surface area contributed by atoms with Crippen molar-refractivity contribution in [3.8, 4) is 0 Å². The fourth-order valence-corrected chi connectivity index (χ4v) is 3.36. The minimum absolute atomic E-state index is 0.336. The van der Waals surface area contributed by atoms with Crippen LogP contribution in [-0.2, 0) is 9.84 Å². The topological polar surface area (TPSA) is 98.0 Å². The fraction of sp³-hybridized carbons (Fsp3) is 0.0769. The molecule has 0 unspecified atom stereocenters. The van der Waals surface area contributed by atoms with Crippen LogP contribution < -0.4 is 11.1 Å². The molecular formula is C13H11FN4O2S2. The zero-order valence-corrected chi connectivity index (χ0v) is 13.0. The van der Waals surface area contributed by atoms with E-state index in [0.29, 0.717) is 27.0 Å². The number of nitrogens with one attached hydrogen (secondary N) is 1. The molecule has 0 aliphatic heterocycles. The lowest BCUT2D eigenvalue weighted by atomic mass is 10.3. The van der Waals surface area contributed by atoms with Crippen LogP contribution in [0.4, 0.5) is 21.0 Å². The third kappa shape index (κ3) is 2.85. The average molecular weight is 338 g/mol. The summed E-state index contributed by atoms with van der Waals surface area (Å²) in [6, 6.07) is 7.24. The number of fused-ring (bicyclic) bond motifs is 1. The van der Waals surface area contributed by atoms with Crippen molar-refractivity contribution >= 4 is 48.2 Å². The molecule has 0 saturated carbocycles. The quantitative estimate of drug-likeness (QED) is 0.761. The zero-order valence-electron chi connectivity index (χ0n) is 11.4. The Bertz CT molecular complexity index is 969. The van der Waals surface area contributed by atoms with Crippen molar-refractivity contribution in [3.63, 3.8) is 0 Å². The number of sulfone groups is 1. The molecule has 0 atom stereocenters. The molecule has 0 spiro atoms. The molecule has 0 aliphatic rings. The summed E-state index contributed by atoms with van der Waals surface area (Å²) in [5.74, 6) is -0.321. The third-order valence-corrected chi connectivity index (χ3v) is 4.80. The first-order valence-electron chi connectivity index (χ1n) is 6.12. The van der Waals surface area contributed by atoms with Crippen LogP contribution in [0.3, 0.4) is 0 Å². The zero-order chi connectivity index (χ0) is 15.9. The maximum atomic E-state index is 13.8. The molecule has 0 bridgehead atoms. The summed E-state index contributed by atoms with van der Waals surface area (Å²) in [7, 11) is -3.59. The third-order valence-electron chi connectivity index (χ3n) is 2.88. The summed E-state index contributed by atoms with van der Waals surface area (Å²) in [5.41, 5.74) is 6.70. The van der Waals surface area contributed by atoms with E-state index in [2.05, 4.69) is 15.3 Å². The predicted molar refractivity (Wildman–Crippen MR) is 84.6 cm³/mol. The van der Waals surface area contributed by atoms with Crippen molar-refractivity contribution in [2.75, 3.05) is 17.3 Å². The predicted octanol–water partition coefficient (Wildman–Crippen LogP) is 2.56. The lowest BCUT2D eigenvalue weighted by Crippen LogP contribution is -2.02. The molecule has 9 heteroatoms. The van der Waals surface area contributed by atoms with Gasteiger partial charge in [0.25, 0.3) is 0 Å². The molecule has 0 aliphatic carbocycles. The second kappa shape index (κ2) is 5.18. The van der Waals surface area contributed by atoms with Gasteiger partial charge in [-0.15, -0.1) is 0 Å². The highest BCUT2D eigenvalue weighted by atomic mass is 32.2. The smallest absolute Gasteiger partial charge is 0.182 e. The van der Waals surface area contributed by atoms with E-state index < -0.39 is 15.7 Å². The first kappa shape index (κ1) is 14.7. The number of aromatic nitrogens is 2. The number of nitrogens with zero attached hydrogens (tertiary/aromatic N) is 2. The highest BCUT2D eigenvalue weighted by molar-refractivity contribution is 7.90. The van der Waals surface area contributed by atoms with E-state index in [1.165, 1.54) is 23.5 Å². The first-order chi connectivity index (χ1) is 10.3. The number of thiazole rings is 1. The Kier molecular flexibility index (Phi) is 3.45. The van der Waals surface area contributed by atoms with Crippen LogP contribution in [0.1, 0.15) is 0 Å². The minimum Gasteiger partial charge on any atom is -0.375 e. The standard InChI is InChI=1S/C13H11FN4O2S2/c1-22(19,20)10-4-2-7(6-8(10)14)16-11-5-3-9-12(18-11)21-13(15)17-9/h2-6H,1H3,(H2,15,17)(H,16,18). The molecule has 0 amide bonds. The van der Waals surface area contributed by atoms with Crippen LogP contribution in [0.5, 0.6) is 0 Å². The summed E-state index contributed by atoms with van der Waals surface area (Å²) in [5, 5.41) is 3.34. The summed E-state index contributed by atoms with van der Waals surface area (Å²) in [6.07, 6.45) is 0.961. The number of rotatable bonds is 3. The van der Waals surface area contributed by atoms with Gasteiger partial charge in [0.15, 0.2) is 15.0 Å². The van der Waals surface area contributed by atoms with Gasteiger partial charge in [0.1, 0.15) is 26.9 Å². The number of halogens is 1. The van der Waals surface area contributed by atoms with Crippen LogP contribution in [0.2, 0.25) is 0 Å². The Labute approximate surface area is 129 Å². The second-order valence-electron chi connectivity index (χ2n) is 4.62. The highest BCUT2D eigenvalue weighted by Gasteiger charge is 2.14. The molecule has 2 heterocycles. The van der Waals surface area contributed by atoms with Gasteiger partial charge in [-0.25, -0.2) is 22.8 Å². The molecule has 0 radical (unpaired) electrons. The molecule has 3 aromatic rings. The average Bonchev–Trinajstić information content (AvgIpc) is 2.76. The summed E-state index contributed by atoms with van der Waals surface area (Å²) in [4.78, 5) is 8.74. The van der Waals surface area contributed by atoms with Crippen molar-refractivity contribution < 1.29 is 12.8 Å². The molecule has 0 saturated heterocycles. The van der Waals surface area contributed by atoms with E-state index in [1.54, 1.807) is 12.1 Å². The van der Waals surface area contributed by atoms with E-state index in [-0.39, 0.29) is 4.90 Å². The molecule has 0 fully saturated rings. The van der Waals surface area contributed by atoms with Gasteiger partial charge in [-0.1, -0.05) is 11.3 Å².